The van der Waals surface area contributed by atoms with Crippen LogP contribution in [0.4, 0.5) is 5.69 Å². The molecule has 0 bridgehead atoms. The maximum atomic E-state index is 3.41. The Morgan fingerprint density at radius 1 is 1.00 bits per heavy atom. The Bertz CT molecular complexity index is 532. The first-order chi connectivity index (χ1) is 9.60. The Labute approximate surface area is 135 Å². The summed E-state index contributed by atoms with van der Waals surface area (Å²) in [6.45, 7) is 0. The van der Waals surface area contributed by atoms with Crippen LogP contribution < -0.4 is 10.2 Å². The van der Waals surface area contributed by atoms with Gasteiger partial charge in [-0.1, -0.05) is 24.3 Å². The van der Waals surface area contributed by atoms with Gasteiger partial charge in [-0.2, -0.15) is 0 Å². The normalized spacial score (nSPS) is 12.2. The second-order valence-electron chi connectivity index (χ2n) is 5.16. The first-order valence-electron chi connectivity index (χ1n) is 6.79. The molecule has 1 N–H and O–H groups in total. The Kier molecular flexibility index (Phi) is 5.43. The molecule has 0 radical (unpaired) electrons. The molecule has 3 heteroatoms. The number of likely N-dealkylation sites (N-methyl/N-ethyl adjacent to an activating group) is 1. The summed E-state index contributed by atoms with van der Waals surface area (Å²) >= 11 is 2.34. The maximum absolute atomic E-state index is 3.41. The lowest BCUT2D eigenvalue weighted by molar-refractivity contribution is 0.592. The van der Waals surface area contributed by atoms with Crippen molar-refractivity contribution in [3.63, 3.8) is 0 Å². The van der Waals surface area contributed by atoms with Gasteiger partial charge in [0.15, 0.2) is 0 Å². The molecule has 0 aliphatic heterocycles. The van der Waals surface area contributed by atoms with E-state index in [0.29, 0.717) is 6.04 Å². The van der Waals surface area contributed by atoms with Crippen molar-refractivity contribution in [1.82, 2.24) is 5.32 Å². The molecular weight excluding hydrogens is 359 g/mol. The van der Waals surface area contributed by atoms with E-state index in [-0.39, 0.29) is 0 Å². The lowest BCUT2D eigenvalue weighted by Gasteiger charge is -2.19. The molecule has 0 amide bonds. The highest BCUT2D eigenvalue weighted by Gasteiger charge is 2.10. The van der Waals surface area contributed by atoms with Crippen LogP contribution in [0.5, 0.6) is 0 Å². The fourth-order valence-electron chi connectivity index (χ4n) is 2.25. The highest BCUT2D eigenvalue weighted by atomic mass is 127. The van der Waals surface area contributed by atoms with Crippen molar-refractivity contribution in [2.24, 2.45) is 0 Å². The van der Waals surface area contributed by atoms with Crippen LogP contribution in [0.15, 0.2) is 48.5 Å². The molecule has 20 heavy (non-hydrogen) atoms. The molecule has 0 spiro atoms. The molecule has 0 aliphatic carbocycles. The fraction of sp³-hybridized carbons (Fsp3) is 0.294. The Balaban J connectivity index is 2.13. The summed E-state index contributed by atoms with van der Waals surface area (Å²) in [6, 6.07) is 17.9. The third kappa shape index (κ3) is 3.96. The first kappa shape index (κ1) is 15.3. The number of halogens is 1. The van der Waals surface area contributed by atoms with Gasteiger partial charge in [0.1, 0.15) is 0 Å². The van der Waals surface area contributed by atoms with Gasteiger partial charge in [-0.25, -0.2) is 0 Å². The molecule has 2 nitrogen and oxygen atoms in total. The summed E-state index contributed by atoms with van der Waals surface area (Å²) in [5.41, 5.74) is 3.93. The van der Waals surface area contributed by atoms with Crippen molar-refractivity contribution in [3.05, 3.63) is 63.2 Å². The van der Waals surface area contributed by atoms with Gasteiger partial charge in [0.05, 0.1) is 0 Å². The Morgan fingerprint density at radius 3 is 2.10 bits per heavy atom. The van der Waals surface area contributed by atoms with Crippen molar-refractivity contribution in [2.45, 2.75) is 12.5 Å². The van der Waals surface area contributed by atoms with Crippen LogP contribution in [0, 0.1) is 3.57 Å². The van der Waals surface area contributed by atoms with Crippen LogP contribution in [-0.4, -0.2) is 21.1 Å². The maximum Gasteiger partial charge on any atom is 0.0361 e. The third-order valence-electron chi connectivity index (χ3n) is 3.51. The number of benzene rings is 2. The van der Waals surface area contributed by atoms with Crippen LogP contribution >= 0.6 is 22.6 Å². The Morgan fingerprint density at radius 2 is 1.60 bits per heavy atom. The molecule has 1 unspecified atom stereocenters. The number of nitrogens with one attached hydrogen (secondary N) is 1. The van der Waals surface area contributed by atoms with E-state index in [9.17, 15) is 0 Å². The average molecular weight is 380 g/mol. The summed E-state index contributed by atoms with van der Waals surface area (Å²) < 4.78 is 1.28. The van der Waals surface area contributed by atoms with E-state index in [1.54, 1.807) is 0 Å². The van der Waals surface area contributed by atoms with Crippen molar-refractivity contribution < 1.29 is 0 Å². The van der Waals surface area contributed by atoms with Gasteiger partial charge in [0.25, 0.3) is 0 Å². The van der Waals surface area contributed by atoms with E-state index in [4.69, 9.17) is 0 Å². The van der Waals surface area contributed by atoms with Crippen molar-refractivity contribution in [2.75, 3.05) is 26.0 Å². The summed E-state index contributed by atoms with van der Waals surface area (Å²) in [5, 5.41) is 3.41. The molecule has 0 aliphatic rings. The van der Waals surface area contributed by atoms with Gasteiger partial charge < -0.3 is 10.2 Å². The zero-order valence-corrected chi connectivity index (χ0v) is 14.4. The summed E-state index contributed by atoms with van der Waals surface area (Å²) in [4.78, 5) is 2.12. The van der Waals surface area contributed by atoms with E-state index in [1.807, 2.05) is 7.05 Å². The number of hydrogen-bond acceptors (Lipinski definition) is 2. The van der Waals surface area contributed by atoms with Crippen LogP contribution in [0.3, 0.4) is 0 Å². The molecule has 0 fully saturated rings. The highest BCUT2D eigenvalue weighted by Crippen LogP contribution is 2.21. The van der Waals surface area contributed by atoms with Crippen LogP contribution in [-0.2, 0) is 6.42 Å². The predicted molar refractivity (Wildman–Crippen MR) is 95.4 cm³/mol. The van der Waals surface area contributed by atoms with Crippen molar-refractivity contribution in [1.29, 1.82) is 0 Å². The molecule has 1 atom stereocenters. The van der Waals surface area contributed by atoms with Crippen LogP contribution in [0.1, 0.15) is 17.2 Å². The summed E-state index contributed by atoms with van der Waals surface area (Å²) in [5.74, 6) is 0. The van der Waals surface area contributed by atoms with Gasteiger partial charge >= 0.3 is 0 Å². The molecule has 0 aromatic heterocycles. The molecule has 2 aromatic rings. The standard InChI is InChI=1S/C17H21IN2/c1-19-17(12-13-4-8-15(18)9-5-13)14-6-10-16(11-7-14)20(2)3/h4-11,17,19H,12H2,1-3H3. The topological polar surface area (TPSA) is 15.3 Å². The minimum Gasteiger partial charge on any atom is -0.378 e. The number of hydrogen-bond donors (Lipinski definition) is 1. The molecule has 2 aromatic carbocycles. The quantitative estimate of drug-likeness (QED) is 0.793. The summed E-state index contributed by atoms with van der Waals surface area (Å²) in [7, 11) is 6.16. The lowest BCUT2D eigenvalue weighted by atomic mass is 9.99. The van der Waals surface area contributed by atoms with Crippen LogP contribution in [0.25, 0.3) is 0 Å². The van der Waals surface area contributed by atoms with Crippen LogP contribution in [0.2, 0.25) is 0 Å². The van der Waals surface area contributed by atoms with E-state index >= 15 is 0 Å². The number of rotatable bonds is 5. The largest absolute Gasteiger partial charge is 0.378 e. The Hall–Kier alpha value is -1.07. The molecule has 2 rings (SSSR count). The zero-order valence-electron chi connectivity index (χ0n) is 12.2. The van der Waals surface area contributed by atoms with E-state index in [1.165, 1.54) is 20.4 Å². The van der Waals surface area contributed by atoms with Gasteiger partial charge in [0, 0.05) is 29.4 Å². The van der Waals surface area contributed by atoms with Crippen molar-refractivity contribution >= 4 is 28.3 Å². The van der Waals surface area contributed by atoms with Gasteiger partial charge in [-0.05, 0) is 71.5 Å². The monoisotopic (exact) mass is 380 g/mol. The average Bonchev–Trinajstić information content (AvgIpc) is 2.47. The number of nitrogens with zero attached hydrogens (tertiary/aromatic N) is 1. The molecule has 0 heterocycles. The lowest BCUT2D eigenvalue weighted by Crippen LogP contribution is -2.19. The van der Waals surface area contributed by atoms with Gasteiger partial charge in [-0.3, -0.25) is 0 Å². The van der Waals surface area contributed by atoms with Gasteiger partial charge in [0.2, 0.25) is 0 Å². The second-order valence-corrected chi connectivity index (χ2v) is 6.40. The molecule has 0 saturated carbocycles. The van der Waals surface area contributed by atoms with E-state index in [2.05, 4.69) is 95.4 Å². The molecule has 0 saturated heterocycles. The molecular formula is C17H21IN2. The number of anilines is 1. The van der Waals surface area contributed by atoms with Crippen molar-refractivity contribution in [3.8, 4) is 0 Å². The SMILES string of the molecule is CNC(Cc1ccc(I)cc1)c1ccc(N(C)C)cc1. The zero-order chi connectivity index (χ0) is 14.5. The van der Waals surface area contributed by atoms with Gasteiger partial charge in [-0.15, -0.1) is 0 Å². The first-order valence-corrected chi connectivity index (χ1v) is 7.87. The predicted octanol–water partition coefficient (Wildman–Crippen LogP) is 3.86. The smallest absolute Gasteiger partial charge is 0.0361 e. The minimum absolute atomic E-state index is 0.353. The molecule has 106 valence electrons. The van der Waals surface area contributed by atoms with E-state index < -0.39 is 0 Å². The minimum atomic E-state index is 0.353. The fourth-order valence-corrected chi connectivity index (χ4v) is 2.61. The third-order valence-corrected chi connectivity index (χ3v) is 4.23. The highest BCUT2D eigenvalue weighted by molar-refractivity contribution is 14.1. The van der Waals surface area contributed by atoms with E-state index in [0.717, 1.165) is 6.42 Å². The summed E-state index contributed by atoms with van der Waals surface area (Å²) in [6.07, 6.45) is 1.01. The second kappa shape index (κ2) is 7.09.